The van der Waals surface area contributed by atoms with Crippen LogP contribution < -0.4 is 5.32 Å². The Kier molecular flexibility index (Phi) is 5.45. The van der Waals surface area contributed by atoms with Crippen molar-refractivity contribution in [3.8, 4) is 33.6 Å². The zero-order chi connectivity index (χ0) is 22.1. The van der Waals surface area contributed by atoms with Crippen molar-refractivity contribution in [1.29, 1.82) is 0 Å². The molecule has 3 aromatic heterocycles. The van der Waals surface area contributed by atoms with Gasteiger partial charge in [0.1, 0.15) is 5.82 Å². The predicted molar refractivity (Wildman–Crippen MR) is 124 cm³/mol. The van der Waals surface area contributed by atoms with E-state index in [1.807, 2.05) is 57.2 Å². The van der Waals surface area contributed by atoms with Crippen molar-refractivity contribution in [3.05, 3.63) is 55.2 Å². The summed E-state index contributed by atoms with van der Waals surface area (Å²) in [5, 5.41) is 22.1. The van der Waals surface area contributed by atoms with Gasteiger partial charge in [-0.2, -0.15) is 10.2 Å². The maximum atomic E-state index is 9.87. The number of aryl methyl sites for hydroxylation is 2. The van der Waals surface area contributed by atoms with Crippen molar-refractivity contribution in [3.63, 3.8) is 0 Å². The third kappa shape index (κ3) is 4.27. The number of aromatic nitrogens is 6. The minimum absolute atomic E-state index is 0.193. The molecule has 1 fully saturated rings. The van der Waals surface area contributed by atoms with Gasteiger partial charge < -0.3 is 10.4 Å². The molecule has 0 amide bonds. The Morgan fingerprint density at radius 3 is 2.25 bits per heavy atom. The van der Waals surface area contributed by atoms with Crippen LogP contribution in [0.3, 0.4) is 0 Å². The lowest BCUT2D eigenvalue weighted by molar-refractivity contribution is 0.126. The molecule has 8 nitrogen and oxygen atoms in total. The van der Waals surface area contributed by atoms with Crippen molar-refractivity contribution in [2.75, 3.05) is 5.32 Å². The first-order chi connectivity index (χ1) is 15.5. The van der Waals surface area contributed by atoms with Crippen LogP contribution in [0.5, 0.6) is 0 Å². The third-order valence-corrected chi connectivity index (χ3v) is 6.00. The summed E-state index contributed by atoms with van der Waals surface area (Å²) >= 11 is 0. The van der Waals surface area contributed by atoms with Crippen molar-refractivity contribution in [1.82, 2.24) is 29.5 Å². The maximum absolute atomic E-state index is 9.87. The minimum atomic E-state index is -0.193. The van der Waals surface area contributed by atoms with E-state index in [9.17, 15) is 5.11 Å². The molecule has 1 saturated carbocycles. The van der Waals surface area contributed by atoms with Gasteiger partial charge in [0.2, 0.25) is 0 Å². The Morgan fingerprint density at radius 1 is 0.875 bits per heavy atom. The summed E-state index contributed by atoms with van der Waals surface area (Å²) in [5.74, 6) is 1.47. The molecule has 0 saturated heterocycles. The second-order valence-electron chi connectivity index (χ2n) is 8.49. The Labute approximate surface area is 187 Å². The molecular weight excluding hydrogens is 402 g/mol. The predicted octanol–water partition coefficient (Wildman–Crippen LogP) is 3.66. The molecule has 8 heteroatoms. The van der Waals surface area contributed by atoms with E-state index in [4.69, 9.17) is 9.97 Å². The zero-order valence-corrected chi connectivity index (χ0v) is 18.3. The maximum Gasteiger partial charge on any atom is 0.161 e. The molecule has 3 heterocycles. The van der Waals surface area contributed by atoms with E-state index in [1.165, 1.54) is 0 Å². The second-order valence-corrected chi connectivity index (χ2v) is 8.49. The van der Waals surface area contributed by atoms with Gasteiger partial charge in [-0.05, 0) is 37.3 Å². The van der Waals surface area contributed by atoms with Gasteiger partial charge in [0, 0.05) is 61.0 Å². The fraction of sp³-hybridized carbons (Fsp3) is 0.333. The van der Waals surface area contributed by atoms with Crippen molar-refractivity contribution >= 4 is 5.82 Å². The van der Waals surface area contributed by atoms with E-state index < -0.39 is 0 Å². The SMILES string of the molecule is Cn1cc(-c2cccc(-c3ncc(-c4cnn(C)c4)c(NC4CCC(O)CC4)n3)c2)cn1. The first-order valence-electron chi connectivity index (χ1n) is 11.0. The molecule has 0 bridgehead atoms. The van der Waals surface area contributed by atoms with Crippen LogP contribution in [-0.4, -0.2) is 46.8 Å². The number of aliphatic hydroxyl groups excluding tert-OH is 1. The van der Waals surface area contributed by atoms with E-state index in [0.717, 1.165) is 59.3 Å². The molecule has 4 aromatic rings. The summed E-state index contributed by atoms with van der Waals surface area (Å²) in [4.78, 5) is 9.63. The lowest BCUT2D eigenvalue weighted by Gasteiger charge is -2.27. The first-order valence-corrected chi connectivity index (χ1v) is 11.0. The second kappa shape index (κ2) is 8.55. The van der Waals surface area contributed by atoms with Crippen LogP contribution in [-0.2, 0) is 14.1 Å². The highest BCUT2D eigenvalue weighted by Gasteiger charge is 2.22. The van der Waals surface area contributed by atoms with E-state index in [1.54, 1.807) is 9.36 Å². The number of rotatable bonds is 5. The van der Waals surface area contributed by atoms with Gasteiger partial charge in [0.05, 0.1) is 18.5 Å². The summed E-state index contributed by atoms with van der Waals surface area (Å²) < 4.78 is 3.58. The highest BCUT2D eigenvalue weighted by atomic mass is 16.3. The van der Waals surface area contributed by atoms with Crippen LogP contribution in [0.2, 0.25) is 0 Å². The van der Waals surface area contributed by atoms with E-state index >= 15 is 0 Å². The number of anilines is 1. The molecule has 1 aromatic carbocycles. The highest BCUT2D eigenvalue weighted by molar-refractivity contribution is 5.76. The average Bonchev–Trinajstić information content (AvgIpc) is 3.44. The largest absolute Gasteiger partial charge is 0.393 e. The van der Waals surface area contributed by atoms with Gasteiger partial charge in [0.15, 0.2) is 5.82 Å². The molecule has 32 heavy (non-hydrogen) atoms. The fourth-order valence-electron chi connectivity index (χ4n) is 4.22. The normalized spacial score (nSPS) is 18.6. The van der Waals surface area contributed by atoms with E-state index in [0.29, 0.717) is 5.82 Å². The van der Waals surface area contributed by atoms with Crippen LogP contribution in [0.25, 0.3) is 33.6 Å². The molecule has 0 atom stereocenters. The van der Waals surface area contributed by atoms with E-state index in [2.05, 4.69) is 27.6 Å². The molecular formula is C24H27N7O. The number of nitrogens with zero attached hydrogens (tertiary/aromatic N) is 6. The number of nitrogens with one attached hydrogen (secondary N) is 1. The van der Waals surface area contributed by atoms with Crippen LogP contribution in [0.1, 0.15) is 25.7 Å². The Hall–Kier alpha value is -3.52. The number of aliphatic hydroxyl groups is 1. The van der Waals surface area contributed by atoms with E-state index in [-0.39, 0.29) is 12.1 Å². The number of benzene rings is 1. The zero-order valence-electron chi connectivity index (χ0n) is 18.3. The molecule has 0 radical (unpaired) electrons. The Balaban J connectivity index is 1.51. The molecule has 2 N–H and O–H groups in total. The minimum Gasteiger partial charge on any atom is -0.393 e. The lowest BCUT2D eigenvalue weighted by Crippen LogP contribution is -2.28. The van der Waals surface area contributed by atoms with Crippen molar-refractivity contribution in [2.24, 2.45) is 14.1 Å². The van der Waals surface area contributed by atoms with Crippen LogP contribution in [0.15, 0.2) is 55.2 Å². The smallest absolute Gasteiger partial charge is 0.161 e. The summed E-state index contributed by atoms with van der Waals surface area (Å²) in [7, 11) is 3.81. The molecule has 164 valence electrons. The lowest BCUT2D eigenvalue weighted by atomic mass is 9.93. The van der Waals surface area contributed by atoms with Crippen LogP contribution >= 0.6 is 0 Å². The van der Waals surface area contributed by atoms with Gasteiger partial charge in [-0.25, -0.2) is 9.97 Å². The first kappa shape index (κ1) is 20.4. The quantitative estimate of drug-likeness (QED) is 0.503. The Morgan fingerprint density at radius 2 is 1.56 bits per heavy atom. The molecule has 0 spiro atoms. The van der Waals surface area contributed by atoms with Crippen LogP contribution in [0.4, 0.5) is 5.82 Å². The Bertz CT molecular complexity index is 1220. The van der Waals surface area contributed by atoms with Gasteiger partial charge in [-0.1, -0.05) is 18.2 Å². The third-order valence-electron chi connectivity index (χ3n) is 6.00. The fourth-order valence-corrected chi connectivity index (χ4v) is 4.22. The van der Waals surface area contributed by atoms with Crippen LogP contribution in [0, 0.1) is 0 Å². The number of hydrogen-bond acceptors (Lipinski definition) is 6. The standard InChI is InChI=1S/C24H27N7O/c1-30-14-18(11-26-30)16-4-3-5-17(10-16)23-25-13-22(19-12-27-31(2)15-19)24(29-23)28-20-6-8-21(32)9-7-20/h3-5,10-15,20-21,32H,6-9H2,1-2H3,(H,25,28,29). The molecule has 1 aliphatic rings. The monoisotopic (exact) mass is 429 g/mol. The summed E-state index contributed by atoms with van der Waals surface area (Å²) in [6, 6.07) is 8.48. The summed E-state index contributed by atoms with van der Waals surface area (Å²) in [6.45, 7) is 0. The average molecular weight is 430 g/mol. The molecule has 1 aliphatic carbocycles. The molecule has 5 rings (SSSR count). The van der Waals surface area contributed by atoms with Gasteiger partial charge in [0.25, 0.3) is 0 Å². The van der Waals surface area contributed by atoms with Crippen molar-refractivity contribution in [2.45, 2.75) is 37.8 Å². The van der Waals surface area contributed by atoms with Crippen molar-refractivity contribution < 1.29 is 5.11 Å². The summed E-state index contributed by atoms with van der Waals surface area (Å²) in [5.41, 5.74) is 4.98. The molecule has 0 aliphatic heterocycles. The summed E-state index contributed by atoms with van der Waals surface area (Å²) in [6.07, 6.45) is 12.8. The number of hydrogen-bond donors (Lipinski definition) is 2. The van der Waals surface area contributed by atoms with Gasteiger partial charge in [-0.15, -0.1) is 0 Å². The van der Waals surface area contributed by atoms with Gasteiger partial charge in [-0.3, -0.25) is 9.36 Å². The highest BCUT2D eigenvalue weighted by Crippen LogP contribution is 2.31. The topological polar surface area (TPSA) is 93.7 Å². The van der Waals surface area contributed by atoms with Gasteiger partial charge >= 0.3 is 0 Å². The molecule has 0 unspecified atom stereocenters.